The van der Waals surface area contributed by atoms with Crippen LogP contribution < -0.4 is 0 Å². The fourth-order valence-corrected chi connectivity index (χ4v) is 2.40. The summed E-state index contributed by atoms with van der Waals surface area (Å²) in [5.74, 6) is 0.682. The first-order valence-corrected chi connectivity index (χ1v) is 7.43. The Morgan fingerprint density at radius 3 is 2.62 bits per heavy atom. The van der Waals surface area contributed by atoms with Crippen molar-refractivity contribution in [2.24, 2.45) is 5.92 Å². The number of hydrogen-bond acceptors (Lipinski definition) is 1. The van der Waals surface area contributed by atoms with E-state index >= 15 is 0 Å². The summed E-state index contributed by atoms with van der Waals surface area (Å²) in [5, 5.41) is 6.45. The molecule has 0 aliphatic carbocycles. The topological polar surface area (TPSA) is 17.8 Å². The van der Waals surface area contributed by atoms with E-state index in [0.29, 0.717) is 5.92 Å². The Morgan fingerprint density at radius 1 is 1.44 bits per heavy atom. The largest absolute Gasteiger partial charge is 0.268 e. The second-order valence-corrected chi connectivity index (χ2v) is 5.20. The summed E-state index contributed by atoms with van der Waals surface area (Å²) in [6.07, 6.45) is 3.08. The van der Waals surface area contributed by atoms with Crippen LogP contribution in [0.5, 0.6) is 0 Å². The predicted octanol–water partition coefficient (Wildman–Crippen LogP) is 4.08. The lowest BCUT2D eigenvalue weighted by Gasteiger charge is -2.08. The summed E-state index contributed by atoms with van der Waals surface area (Å²) in [7, 11) is 0. The Morgan fingerprint density at radius 2 is 2.12 bits per heavy atom. The number of aromatic nitrogens is 2. The van der Waals surface area contributed by atoms with Crippen molar-refractivity contribution in [3.63, 3.8) is 0 Å². The third-order valence-electron chi connectivity index (χ3n) is 2.83. The molecule has 0 saturated heterocycles. The molecule has 1 atom stereocenters. The Labute approximate surface area is 111 Å². The third-order valence-corrected chi connectivity index (χ3v) is 4.37. The smallest absolute Gasteiger partial charge is 0.0849 e. The molecule has 0 aliphatic heterocycles. The lowest BCUT2D eigenvalue weighted by Crippen LogP contribution is -2.06. The highest BCUT2D eigenvalue weighted by atomic mass is 79.9. The van der Waals surface area contributed by atoms with E-state index in [4.69, 9.17) is 11.6 Å². The first-order valence-electron chi connectivity index (χ1n) is 5.93. The van der Waals surface area contributed by atoms with E-state index < -0.39 is 0 Å². The van der Waals surface area contributed by atoms with Crippen LogP contribution >= 0.6 is 27.5 Å². The number of aryl methyl sites for hydroxylation is 2. The molecule has 1 aromatic rings. The van der Waals surface area contributed by atoms with Gasteiger partial charge in [0.25, 0.3) is 0 Å². The van der Waals surface area contributed by atoms with Crippen molar-refractivity contribution < 1.29 is 0 Å². The third kappa shape index (κ3) is 3.24. The predicted molar refractivity (Wildman–Crippen MR) is 73.6 cm³/mol. The van der Waals surface area contributed by atoms with Crippen molar-refractivity contribution in [1.29, 1.82) is 0 Å². The van der Waals surface area contributed by atoms with Gasteiger partial charge < -0.3 is 0 Å². The van der Waals surface area contributed by atoms with Gasteiger partial charge in [0.05, 0.1) is 16.4 Å². The second-order valence-electron chi connectivity index (χ2n) is 4.17. The number of rotatable bonds is 6. The lowest BCUT2D eigenvalue weighted by molar-refractivity contribution is 0.554. The summed E-state index contributed by atoms with van der Waals surface area (Å²) >= 11 is 9.85. The Balaban J connectivity index is 2.80. The average molecular weight is 308 g/mol. The van der Waals surface area contributed by atoms with Gasteiger partial charge in [-0.2, -0.15) is 5.10 Å². The molecule has 0 aromatic carbocycles. The monoisotopic (exact) mass is 306 g/mol. The molecule has 0 radical (unpaired) electrons. The van der Waals surface area contributed by atoms with Gasteiger partial charge in [-0.15, -0.1) is 0 Å². The zero-order chi connectivity index (χ0) is 12.1. The summed E-state index contributed by atoms with van der Waals surface area (Å²) < 4.78 is 2.04. The van der Waals surface area contributed by atoms with Gasteiger partial charge in [0, 0.05) is 11.9 Å². The summed E-state index contributed by atoms with van der Waals surface area (Å²) in [4.78, 5) is 0. The van der Waals surface area contributed by atoms with Crippen LogP contribution in [0.3, 0.4) is 0 Å². The normalized spacial score (nSPS) is 13.1. The van der Waals surface area contributed by atoms with Crippen molar-refractivity contribution in [3.05, 3.63) is 16.4 Å². The van der Waals surface area contributed by atoms with Crippen molar-refractivity contribution in [1.82, 2.24) is 9.78 Å². The van der Waals surface area contributed by atoms with E-state index in [9.17, 15) is 0 Å². The van der Waals surface area contributed by atoms with Crippen LogP contribution in [0.15, 0.2) is 0 Å². The average Bonchev–Trinajstić information content (AvgIpc) is 2.62. The van der Waals surface area contributed by atoms with Crippen LogP contribution in [0.4, 0.5) is 0 Å². The molecule has 0 amide bonds. The maximum absolute atomic E-state index is 6.34. The quantitative estimate of drug-likeness (QED) is 0.724. The van der Waals surface area contributed by atoms with Gasteiger partial charge in [-0.1, -0.05) is 41.4 Å². The molecule has 0 spiro atoms. The molecule has 1 rings (SSSR count). The molecule has 0 aliphatic rings. The first-order chi connectivity index (χ1) is 7.63. The van der Waals surface area contributed by atoms with Gasteiger partial charge in [-0.3, -0.25) is 4.68 Å². The second kappa shape index (κ2) is 6.65. The molecular weight excluding hydrogens is 288 g/mol. The fourth-order valence-electron chi connectivity index (χ4n) is 1.72. The minimum Gasteiger partial charge on any atom is -0.268 e. The molecular formula is C12H20BrClN2. The van der Waals surface area contributed by atoms with E-state index in [1.165, 1.54) is 5.69 Å². The lowest BCUT2D eigenvalue weighted by atomic mass is 10.1. The van der Waals surface area contributed by atoms with E-state index in [1.807, 2.05) is 4.68 Å². The zero-order valence-corrected chi connectivity index (χ0v) is 12.6. The zero-order valence-electron chi connectivity index (χ0n) is 10.3. The Hall–Kier alpha value is -0.0200. The van der Waals surface area contributed by atoms with E-state index in [-0.39, 0.29) is 0 Å². The minimum absolute atomic E-state index is 0.682. The van der Waals surface area contributed by atoms with Crippen molar-refractivity contribution in [3.8, 4) is 0 Å². The Bertz CT molecular complexity index is 336. The number of hydrogen-bond donors (Lipinski definition) is 0. The van der Waals surface area contributed by atoms with Gasteiger partial charge in [0.2, 0.25) is 0 Å². The Kier molecular flexibility index (Phi) is 5.84. The molecule has 0 bridgehead atoms. The fraction of sp³-hybridized carbons (Fsp3) is 0.750. The number of alkyl halides is 1. The van der Waals surface area contributed by atoms with Gasteiger partial charge in [-0.25, -0.2) is 0 Å². The molecule has 92 valence electrons. The molecule has 1 heterocycles. The van der Waals surface area contributed by atoms with Gasteiger partial charge in [-0.05, 0) is 32.1 Å². The van der Waals surface area contributed by atoms with Crippen molar-refractivity contribution in [2.45, 2.75) is 46.6 Å². The van der Waals surface area contributed by atoms with Crippen molar-refractivity contribution in [2.75, 3.05) is 5.33 Å². The molecule has 2 nitrogen and oxygen atoms in total. The van der Waals surface area contributed by atoms with Crippen LogP contribution in [-0.2, 0) is 19.4 Å². The van der Waals surface area contributed by atoms with Crippen LogP contribution in [0, 0.1) is 5.92 Å². The molecule has 0 N–H and O–H groups in total. The molecule has 1 unspecified atom stereocenters. The van der Waals surface area contributed by atoms with Gasteiger partial charge >= 0.3 is 0 Å². The molecule has 4 heteroatoms. The first kappa shape index (κ1) is 14.0. The highest BCUT2D eigenvalue weighted by molar-refractivity contribution is 9.09. The number of halogens is 2. The van der Waals surface area contributed by atoms with Crippen LogP contribution in [0.1, 0.15) is 38.6 Å². The summed E-state index contributed by atoms with van der Waals surface area (Å²) in [6.45, 7) is 7.35. The van der Waals surface area contributed by atoms with E-state index in [0.717, 1.165) is 41.9 Å². The van der Waals surface area contributed by atoms with Gasteiger partial charge in [0.1, 0.15) is 0 Å². The maximum Gasteiger partial charge on any atom is 0.0849 e. The molecule has 1 aromatic heterocycles. The highest BCUT2D eigenvalue weighted by Crippen LogP contribution is 2.24. The highest BCUT2D eigenvalue weighted by Gasteiger charge is 2.14. The number of nitrogens with zero attached hydrogens (tertiary/aromatic N) is 2. The maximum atomic E-state index is 6.34. The molecule has 0 saturated carbocycles. The SMILES string of the molecule is CCc1nn(CC)c(CCC(C)CBr)c1Cl. The standard InChI is InChI=1S/C12H20BrClN2/c1-4-10-12(14)11(16(5-2)15-10)7-6-9(3)8-13/h9H,4-8H2,1-3H3. The van der Waals surface area contributed by atoms with Crippen molar-refractivity contribution >= 4 is 27.5 Å². The van der Waals surface area contributed by atoms with E-state index in [2.05, 4.69) is 41.8 Å². The summed E-state index contributed by atoms with van der Waals surface area (Å²) in [5.41, 5.74) is 2.24. The van der Waals surface area contributed by atoms with E-state index in [1.54, 1.807) is 0 Å². The van der Waals surface area contributed by atoms with Gasteiger partial charge in [0.15, 0.2) is 0 Å². The van der Waals surface area contributed by atoms with Crippen LogP contribution in [-0.4, -0.2) is 15.1 Å². The molecule has 16 heavy (non-hydrogen) atoms. The summed E-state index contributed by atoms with van der Waals surface area (Å²) in [6, 6.07) is 0. The van der Waals surface area contributed by atoms with Crippen LogP contribution in [0.2, 0.25) is 5.02 Å². The van der Waals surface area contributed by atoms with Crippen LogP contribution in [0.25, 0.3) is 0 Å². The minimum atomic E-state index is 0.682. The molecule has 0 fully saturated rings.